The van der Waals surface area contributed by atoms with Crippen molar-refractivity contribution in [2.24, 2.45) is 0 Å². The van der Waals surface area contributed by atoms with Crippen LogP contribution in [0.15, 0.2) is 18.3 Å². The van der Waals surface area contributed by atoms with Crippen LogP contribution in [-0.4, -0.2) is 15.7 Å². The summed E-state index contributed by atoms with van der Waals surface area (Å²) in [5.41, 5.74) is 7.67. The number of carbonyl (C=O) groups is 1. The second-order valence-electron chi connectivity index (χ2n) is 4.30. The summed E-state index contributed by atoms with van der Waals surface area (Å²) in [5.74, 6) is -0.372. The number of amides is 1. The van der Waals surface area contributed by atoms with Crippen molar-refractivity contribution in [1.82, 2.24) is 9.78 Å². The van der Waals surface area contributed by atoms with E-state index in [1.807, 2.05) is 13.8 Å². The molecule has 0 saturated heterocycles. The SMILES string of the molecule is CCn1ncc(N)c1C(=O)Nc1cc(Cl)c(C)cc1Cl. The van der Waals surface area contributed by atoms with E-state index in [0.29, 0.717) is 33.7 Å². The Bertz CT molecular complexity index is 667. The third-order valence-electron chi connectivity index (χ3n) is 2.88. The smallest absolute Gasteiger partial charge is 0.276 e. The van der Waals surface area contributed by atoms with Crippen LogP contribution < -0.4 is 11.1 Å². The molecule has 0 aliphatic rings. The van der Waals surface area contributed by atoms with Gasteiger partial charge in [-0.1, -0.05) is 23.2 Å². The van der Waals surface area contributed by atoms with Gasteiger partial charge in [0.15, 0.2) is 0 Å². The molecule has 0 unspecified atom stereocenters. The minimum absolute atomic E-state index is 0.306. The number of benzene rings is 1. The molecule has 2 rings (SSSR count). The van der Waals surface area contributed by atoms with Gasteiger partial charge in [0.05, 0.1) is 22.6 Å². The normalized spacial score (nSPS) is 10.6. The van der Waals surface area contributed by atoms with E-state index in [2.05, 4.69) is 10.4 Å². The number of nitrogens with one attached hydrogen (secondary N) is 1. The number of hydrogen-bond acceptors (Lipinski definition) is 3. The molecule has 20 heavy (non-hydrogen) atoms. The molecule has 106 valence electrons. The number of anilines is 2. The Morgan fingerprint density at radius 2 is 2.10 bits per heavy atom. The molecule has 0 fully saturated rings. The zero-order valence-corrected chi connectivity index (χ0v) is 12.6. The average Bonchev–Trinajstić information content (AvgIpc) is 2.77. The minimum atomic E-state index is -0.372. The third-order valence-corrected chi connectivity index (χ3v) is 3.60. The van der Waals surface area contributed by atoms with Crippen molar-refractivity contribution in [3.63, 3.8) is 0 Å². The van der Waals surface area contributed by atoms with E-state index >= 15 is 0 Å². The van der Waals surface area contributed by atoms with Gasteiger partial charge in [-0.15, -0.1) is 0 Å². The lowest BCUT2D eigenvalue weighted by Crippen LogP contribution is -2.19. The van der Waals surface area contributed by atoms with E-state index in [-0.39, 0.29) is 5.91 Å². The fraction of sp³-hybridized carbons (Fsp3) is 0.231. The fourth-order valence-electron chi connectivity index (χ4n) is 1.81. The monoisotopic (exact) mass is 312 g/mol. The zero-order chi connectivity index (χ0) is 14.9. The topological polar surface area (TPSA) is 72.9 Å². The molecule has 0 saturated carbocycles. The van der Waals surface area contributed by atoms with Crippen LogP contribution in [-0.2, 0) is 6.54 Å². The van der Waals surface area contributed by atoms with Gasteiger partial charge in [-0.2, -0.15) is 5.10 Å². The summed E-state index contributed by atoms with van der Waals surface area (Å²) in [7, 11) is 0. The lowest BCUT2D eigenvalue weighted by Gasteiger charge is -2.10. The Morgan fingerprint density at radius 1 is 1.40 bits per heavy atom. The van der Waals surface area contributed by atoms with Crippen LogP contribution >= 0.6 is 23.2 Å². The van der Waals surface area contributed by atoms with Crippen LogP contribution in [0, 0.1) is 6.92 Å². The molecule has 1 aromatic carbocycles. The zero-order valence-electron chi connectivity index (χ0n) is 11.1. The van der Waals surface area contributed by atoms with Crippen molar-refractivity contribution >= 4 is 40.5 Å². The highest BCUT2D eigenvalue weighted by molar-refractivity contribution is 6.36. The summed E-state index contributed by atoms with van der Waals surface area (Å²) in [4.78, 5) is 12.3. The van der Waals surface area contributed by atoms with Gasteiger partial charge >= 0.3 is 0 Å². The number of halogens is 2. The molecular formula is C13H14Cl2N4O. The number of rotatable bonds is 3. The molecule has 1 heterocycles. The number of nitrogen functional groups attached to an aromatic ring is 1. The first-order valence-corrected chi connectivity index (χ1v) is 6.78. The summed E-state index contributed by atoms with van der Waals surface area (Å²) in [6, 6.07) is 3.31. The molecular weight excluding hydrogens is 299 g/mol. The maximum absolute atomic E-state index is 12.3. The number of nitrogens with two attached hydrogens (primary N) is 1. The summed E-state index contributed by atoms with van der Waals surface area (Å²) in [6.45, 7) is 4.26. The molecule has 0 atom stereocenters. The van der Waals surface area contributed by atoms with Crippen molar-refractivity contribution in [2.75, 3.05) is 11.1 Å². The van der Waals surface area contributed by atoms with Crippen LogP contribution in [0.25, 0.3) is 0 Å². The van der Waals surface area contributed by atoms with E-state index in [4.69, 9.17) is 28.9 Å². The second kappa shape index (κ2) is 5.73. The lowest BCUT2D eigenvalue weighted by molar-refractivity contribution is 0.101. The average molecular weight is 313 g/mol. The Morgan fingerprint density at radius 3 is 2.75 bits per heavy atom. The van der Waals surface area contributed by atoms with E-state index in [1.165, 1.54) is 10.9 Å². The first-order valence-electron chi connectivity index (χ1n) is 6.02. The van der Waals surface area contributed by atoms with E-state index in [0.717, 1.165) is 5.56 Å². The highest BCUT2D eigenvalue weighted by Crippen LogP contribution is 2.29. The van der Waals surface area contributed by atoms with Gasteiger partial charge in [-0.3, -0.25) is 9.48 Å². The van der Waals surface area contributed by atoms with Crippen LogP contribution in [0.1, 0.15) is 23.0 Å². The molecule has 1 aromatic heterocycles. The standard InChI is InChI=1S/C13H14Cl2N4O/c1-3-19-12(10(16)6-17-19)13(20)18-11-5-8(14)7(2)4-9(11)15/h4-6H,3,16H2,1-2H3,(H,18,20). The first kappa shape index (κ1) is 14.7. The van der Waals surface area contributed by atoms with Crippen molar-refractivity contribution in [3.8, 4) is 0 Å². The fourth-order valence-corrected chi connectivity index (χ4v) is 2.24. The maximum Gasteiger partial charge on any atom is 0.276 e. The molecule has 5 nitrogen and oxygen atoms in total. The number of hydrogen-bond donors (Lipinski definition) is 2. The molecule has 0 spiro atoms. The van der Waals surface area contributed by atoms with Gasteiger partial charge in [-0.25, -0.2) is 0 Å². The number of carbonyl (C=O) groups excluding carboxylic acids is 1. The van der Waals surface area contributed by atoms with Gasteiger partial charge in [0.25, 0.3) is 5.91 Å². The first-order chi connectivity index (χ1) is 9.43. The Labute approximate surface area is 126 Å². The van der Waals surface area contributed by atoms with Gasteiger partial charge < -0.3 is 11.1 Å². The molecule has 3 N–H and O–H groups in total. The lowest BCUT2D eigenvalue weighted by atomic mass is 10.2. The van der Waals surface area contributed by atoms with Gasteiger partial charge in [0, 0.05) is 11.6 Å². The molecule has 0 radical (unpaired) electrons. The van der Waals surface area contributed by atoms with E-state index in [1.54, 1.807) is 12.1 Å². The van der Waals surface area contributed by atoms with Crippen LogP contribution in [0.4, 0.5) is 11.4 Å². The molecule has 1 amide bonds. The van der Waals surface area contributed by atoms with E-state index in [9.17, 15) is 4.79 Å². The number of aromatic nitrogens is 2. The summed E-state index contributed by atoms with van der Waals surface area (Å²) in [6.07, 6.45) is 1.45. The molecule has 2 aromatic rings. The van der Waals surface area contributed by atoms with Gasteiger partial charge in [-0.05, 0) is 31.5 Å². The Balaban J connectivity index is 2.33. The van der Waals surface area contributed by atoms with E-state index < -0.39 is 0 Å². The minimum Gasteiger partial charge on any atom is -0.396 e. The highest BCUT2D eigenvalue weighted by atomic mass is 35.5. The largest absolute Gasteiger partial charge is 0.396 e. The molecule has 7 heteroatoms. The van der Waals surface area contributed by atoms with Crippen LogP contribution in [0.2, 0.25) is 10.0 Å². The highest BCUT2D eigenvalue weighted by Gasteiger charge is 2.17. The Kier molecular flexibility index (Phi) is 4.20. The predicted molar refractivity (Wildman–Crippen MR) is 81.5 cm³/mol. The number of nitrogens with zero attached hydrogens (tertiary/aromatic N) is 2. The quantitative estimate of drug-likeness (QED) is 0.912. The molecule has 0 bridgehead atoms. The van der Waals surface area contributed by atoms with Gasteiger partial charge in [0.1, 0.15) is 5.69 Å². The predicted octanol–water partition coefficient (Wildman–Crippen LogP) is 3.35. The Hall–Kier alpha value is -1.72. The summed E-state index contributed by atoms with van der Waals surface area (Å²) >= 11 is 12.1. The summed E-state index contributed by atoms with van der Waals surface area (Å²) < 4.78 is 1.52. The van der Waals surface area contributed by atoms with Crippen molar-refractivity contribution in [3.05, 3.63) is 39.6 Å². The van der Waals surface area contributed by atoms with Gasteiger partial charge in [0.2, 0.25) is 0 Å². The van der Waals surface area contributed by atoms with Crippen molar-refractivity contribution in [2.45, 2.75) is 20.4 Å². The maximum atomic E-state index is 12.3. The molecule has 0 aliphatic heterocycles. The number of aryl methyl sites for hydroxylation is 2. The third kappa shape index (κ3) is 2.73. The molecule has 0 aliphatic carbocycles. The van der Waals surface area contributed by atoms with Crippen LogP contribution in [0.5, 0.6) is 0 Å². The van der Waals surface area contributed by atoms with Crippen molar-refractivity contribution < 1.29 is 4.79 Å². The summed E-state index contributed by atoms with van der Waals surface area (Å²) in [5, 5.41) is 7.67. The van der Waals surface area contributed by atoms with Crippen LogP contribution in [0.3, 0.4) is 0 Å². The second-order valence-corrected chi connectivity index (χ2v) is 5.11. The van der Waals surface area contributed by atoms with Crippen molar-refractivity contribution in [1.29, 1.82) is 0 Å².